The molecule has 0 radical (unpaired) electrons. The van der Waals surface area contributed by atoms with Gasteiger partial charge in [0, 0.05) is 17.8 Å². The fourth-order valence-corrected chi connectivity index (χ4v) is 1.90. The smallest absolute Gasteiger partial charge is 0.120 e. The van der Waals surface area contributed by atoms with Gasteiger partial charge in [0.05, 0.1) is 18.7 Å². The summed E-state index contributed by atoms with van der Waals surface area (Å²) < 4.78 is 5.14. The van der Waals surface area contributed by atoms with Crippen molar-refractivity contribution in [2.45, 2.75) is 13.5 Å². The zero-order valence-electron chi connectivity index (χ0n) is 11.5. The van der Waals surface area contributed by atoms with Crippen LogP contribution < -0.4 is 10.1 Å². The highest BCUT2D eigenvalue weighted by Crippen LogP contribution is 2.24. The number of rotatable bonds is 4. The molecular weight excluding hydrogens is 252 g/mol. The Morgan fingerprint density at radius 1 is 1.25 bits per heavy atom. The Hall–Kier alpha value is -2.67. The van der Waals surface area contributed by atoms with Gasteiger partial charge in [0.2, 0.25) is 0 Å². The average Bonchev–Trinajstić information content (AvgIpc) is 2.48. The minimum atomic E-state index is 0.215. The lowest BCUT2D eigenvalue weighted by Crippen LogP contribution is -2.02. The number of ether oxygens (including phenoxy) is 1. The van der Waals surface area contributed by atoms with E-state index in [1.807, 2.05) is 13.0 Å². The van der Waals surface area contributed by atoms with Gasteiger partial charge in [0.1, 0.15) is 11.5 Å². The lowest BCUT2D eigenvalue weighted by Gasteiger charge is -2.12. The van der Waals surface area contributed by atoms with Crippen molar-refractivity contribution in [3.05, 3.63) is 53.1 Å². The van der Waals surface area contributed by atoms with Crippen LogP contribution in [0.25, 0.3) is 0 Å². The topological polar surface area (TPSA) is 65.3 Å². The molecule has 4 heteroatoms. The number of nitrogens with one attached hydrogen (secondary N) is 1. The molecule has 2 N–H and O–H groups in total. The van der Waals surface area contributed by atoms with Crippen LogP contribution in [-0.2, 0) is 6.54 Å². The molecule has 0 heterocycles. The number of anilines is 1. The maximum atomic E-state index is 9.83. The molecule has 0 atom stereocenters. The van der Waals surface area contributed by atoms with Crippen molar-refractivity contribution in [2.24, 2.45) is 0 Å². The first-order valence-electron chi connectivity index (χ1n) is 6.24. The minimum Gasteiger partial charge on any atom is -0.508 e. The van der Waals surface area contributed by atoms with Crippen LogP contribution in [0.5, 0.6) is 11.5 Å². The molecule has 0 aliphatic rings. The highest BCUT2D eigenvalue weighted by atomic mass is 16.5. The Balaban J connectivity index is 2.18. The van der Waals surface area contributed by atoms with Crippen LogP contribution in [0.4, 0.5) is 5.69 Å². The largest absolute Gasteiger partial charge is 0.508 e. The van der Waals surface area contributed by atoms with E-state index in [1.165, 1.54) is 0 Å². The molecule has 0 saturated heterocycles. The van der Waals surface area contributed by atoms with Crippen LogP contribution in [0, 0.1) is 18.3 Å². The summed E-state index contributed by atoms with van der Waals surface area (Å²) >= 11 is 0. The van der Waals surface area contributed by atoms with E-state index in [2.05, 4.69) is 11.4 Å². The van der Waals surface area contributed by atoms with E-state index < -0.39 is 0 Å². The van der Waals surface area contributed by atoms with Gasteiger partial charge < -0.3 is 15.2 Å². The quantitative estimate of drug-likeness (QED) is 0.893. The van der Waals surface area contributed by atoms with E-state index in [-0.39, 0.29) is 5.75 Å². The van der Waals surface area contributed by atoms with Crippen LogP contribution in [0.15, 0.2) is 36.4 Å². The monoisotopic (exact) mass is 268 g/mol. The van der Waals surface area contributed by atoms with Crippen molar-refractivity contribution < 1.29 is 9.84 Å². The maximum Gasteiger partial charge on any atom is 0.120 e. The van der Waals surface area contributed by atoms with Gasteiger partial charge in [-0.05, 0) is 42.8 Å². The van der Waals surface area contributed by atoms with Gasteiger partial charge in [-0.2, -0.15) is 5.26 Å². The average molecular weight is 268 g/mol. The van der Waals surface area contributed by atoms with E-state index >= 15 is 0 Å². The summed E-state index contributed by atoms with van der Waals surface area (Å²) in [5.41, 5.74) is 3.27. The van der Waals surface area contributed by atoms with Crippen molar-refractivity contribution in [1.82, 2.24) is 0 Å². The molecule has 0 aliphatic carbocycles. The number of benzene rings is 2. The van der Waals surface area contributed by atoms with Crippen LogP contribution in [0.1, 0.15) is 16.7 Å². The normalized spacial score (nSPS) is 9.85. The third-order valence-electron chi connectivity index (χ3n) is 3.12. The third kappa shape index (κ3) is 3.01. The number of phenolic OH excluding ortho intramolecular Hbond substituents is 1. The van der Waals surface area contributed by atoms with Crippen LogP contribution in [0.3, 0.4) is 0 Å². The number of hydrogen-bond donors (Lipinski definition) is 2. The molecule has 102 valence electrons. The molecule has 0 aromatic heterocycles. The van der Waals surface area contributed by atoms with E-state index in [4.69, 9.17) is 10.00 Å². The summed E-state index contributed by atoms with van der Waals surface area (Å²) in [5.74, 6) is 0.912. The number of methoxy groups -OCH3 is 1. The van der Waals surface area contributed by atoms with Crippen molar-refractivity contribution in [1.29, 1.82) is 5.26 Å². The summed E-state index contributed by atoms with van der Waals surface area (Å²) in [7, 11) is 1.59. The summed E-state index contributed by atoms with van der Waals surface area (Å²) in [6.07, 6.45) is 0. The molecule has 2 aromatic rings. The number of aryl methyl sites for hydroxylation is 1. The number of nitrogens with zero attached hydrogens (tertiary/aromatic N) is 1. The van der Waals surface area contributed by atoms with E-state index in [0.29, 0.717) is 17.9 Å². The van der Waals surface area contributed by atoms with Gasteiger partial charge in [0.15, 0.2) is 0 Å². The first kappa shape index (κ1) is 13.8. The highest BCUT2D eigenvalue weighted by molar-refractivity contribution is 5.56. The lowest BCUT2D eigenvalue weighted by molar-refractivity contribution is 0.411. The summed E-state index contributed by atoms with van der Waals surface area (Å²) in [4.78, 5) is 0. The zero-order chi connectivity index (χ0) is 14.5. The standard InChI is InChI=1S/C16H16N2O2/c1-11-3-4-12(9-17)7-15(11)18-10-13-8-14(20-2)5-6-16(13)19/h3-8,18-19H,10H2,1-2H3. The van der Waals surface area contributed by atoms with Gasteiger partial charge in [0.25, 0.3) is 0 Å². The lowest BCUT2D eigenvalue weighted by atomic mass is 10.1. The first-order chi connectivity index (χ1) is 9.63. The van der Waals surface area contributed by atoms with Crippen LogP contribution in [0.2, 0.25) is 0 Å². The fourth-order valence-electron chi connectivity index (χ4n) is 1.90. The molecule has 0 spiro atoms. The number of hydrogen-bond acceptors (Lipinski definition) is 4. The Morgan fingerprint density at radius 2 is 2.05 bits per heavy atom. The Labute approximate surface area is 118 Å². The molecular formula is C16H16N2O2. The van der Waals surface area contributed by atoms with E-state index in [1.54, 1.807) is 37.4 Å². The van der Waals surface area contributed by atoms with Crippen molar-refractivity contribution >= 4 is 5.69 Å². The maximum absolute atomic E-state index is 9.83. The van der Waals surface area contributed by atoms with Crippen LogP contribution in [-0.4, -0.2) is 12.2 Å². The molecule has 2 rings (SSSR count). The predicted octanol–water partition coefficient (Wildman–Crippen LogP) is 3.19. The van der Waals surface area contributed by atoms with E-state index in [0.717, 1.165) is 16.8 Å². The van der Waals surface area contributed by atoms with Gasteiger partial charge in [-0.3, -0.25) is 0 Å². The number of nitriles is 1. The van der Waals surface area contributed by atoms with Gasteiger partial charge in [-0.1, -0.05) is 6.07 Å². The SMILES string of the molecule is COc1ccc(O)c(CNc2cc(C#N)ccc2C)c1. The fraction of sp³-hybridized carbons (Fsp3) is 0.188. The Kier molecular flexibility index (Phi) is 4.11. The molecule has 0 saturated carbocycles. The minimum absolute atomic E-state index is 0.215. The Bertz CT molecular complexity index is 660. The molecule has 0 unspecified atom stereocenters. The summed E-state index contributed by atoms with van der Waals surface area (Å²) in [6, 6.07) is 12.7. The molecule has 0 amide bonds. The van der Waals surface area contributed by atoms with Crippen molar-refractivity contribution in [3.63, 3.8) is 0 Å². The molecule has 0 fully saturated rings. The summed E-state index contributed by atoms with van der Waals surface area (Å²) in [6.45, 7) is 2.42. The third-order valence-corrected chi connectivity index (χ3v) is 3.12. The van der Waals surface area contributed by atoms with Crippen LogP contribution >= 0.6 is 0 Å². The van der Waals surface area contributed by atoms with Gasteiger partial charge in [-0.25, -0.2) is 0 Å². The number of aromatic hydroxyl groups is 1. The zero-order valence-corrected chi connectivity index (χ0v) is 11.5. The second-order valence-corrected chi connectivity index (χ2v) is 4.49. The molecule has 4 nitrogen and oxygen atoms in total. The number of phenols is 1. The van der Waals surface area contributed by atoms with Crippen molar-refractivity contribution in [3.8, 4) is 17.6 Å². The molecule has 20 heavy (non-hydrogen) atoms. The summed E-state index contributed by atoms with van der Waals surface area (Å²) in [5, 5.41) is 22.0. The second-order valence-electron chi connectivity index (χ2n) is 4.49. The predicted molar refractivity (Wildman–Crippen MR) is 77.9 cm³/mol. The molecule has 2 aromatic carbocycles. The molecule has 0 aliphatic heterocycles. The van der Waals surface area contributed by atoms with Gasteiger partial charge >= 0.3 is 0 Å². The second kappa shape index (κ2) is 5.98. The van der Waals surface area contributed by atoms with Gasteiger partial charge in [-0.15, -0.1) is 0 Å². The highest BCUT2D eigenvalue weighted by Gasteiger charge is 2.05. The first-order valence-corrected chi connectivity index (χ1v) is 6.24. The van der Waals surface area contributed by atoms with Crippen molar-refractivity contribution in [2.75, 3.05) is 12.4 Å². The Morgan fingerprint density at radius 3 is 2.75 bits per heavy atom. The van der Waals surface area contributed by atoms with E-state index in [9.17, 15) is 5.11 Å². The molecule has 0 bridgehead atoms.